The van der Waals surface area contributed by atoms with E-state index < -0.39 is 23.8 Å². The molecule has 0 aliphatic carbocycles. The number of carboxylic acids is 1. The Kier molecular flexibility index (Phi) is 8.18. The second-order valence-corrected chi connectivity index (χ2v) is 5.89. The Morgan fingerprint density at radius 3 is 2.40 bits per heavy atom. The number of benzene rings is 1. The normalized spacial score (nSPS) is 11.5. The molecule has 3 N–H and O–H groups in total. The highest BCUT2D eigenvalue weighted by atomic mass is 16.5. The molecule has 0 fully saturated rings. The Balaban J connectivity index is 2.50. The zero-order chi connectivity index (χ0) is 18.8. The largest absolute Gasteiger partial charge is 0.490 e. The Morgan fingerprint density at radius 2 is 1.88 bits per heavy atom. The molecule has 0 aliphatic rings. The molecule has 0 aliphatic heterocycles. The van der Waals surface area contributed by atoms with E-state index in [2.05, 4.69) is 17.2 Å². The molecule has 25 heavy (non-hydrogen) atoms. The van der Waals surface area contributed by atoms with Crippen molar-refractivity contribution in [3.05, 3.63) is 42.5 Å². The first kappa shape index (κ1) is 20.2. The van der Waals surface area contributed by atoms with Crippen molar-refractivity contribution in [1.82, 2.24) is 10.6 Å². The maximum absolute atomic E-state index is 12.0. The smallest absolute Gasteiger partial charge is 0.326 e. The van der Waals surface area contributed by atoms with Crippen molar-refractivity contribution in [3.8, 4) is 5.75 Å². The molecule has 0 radical (unpaired) electrons. The van der Waals surface area contributed by atoms with Crippen LogP contribution in [0, 0.1) is 5.92 Å². The van der Waals surface area contributed by atoms with Crippen molar-refractivity contribution in [2.75, 3.05) is 13.2 Å². The van der Waals surface area contributed by atoms with Crippen molar-refractivity contribution in [2.45, 2.75) is 26.3 Å². The lowest BCUT2D eigenvalue weighted by Crippen LogP contribution is -2.46. The minimum Gasteiger partial charge on any atom is -0.490 e. The van der Waals surface area contributed by atoms with Crippen LogP contribution in [0.5, 0.6) is 5.75 Å². The van der Waals surface area contributed by atoms with Gasteiger partial charge in [-0.2, -0.15) is 0 Å². The van der Waals surface area contributed by atoms with Gasteiger partial charge in [-0.25, -0.2) is 4.79 Å². The predicted molar refractivity (Wildman–Crippen MR) is 93.5 cm³/mol. The van der Waals surface area contributed by atoms with Crippen LogP contribution in [0.4, 0.5) is 0 Å². The first-order valence-corrected chi connectivity index (χ1v) is 7.97. The second-order valence-electron chi connectivity index (χ2n) is 5.89. The van der Waals surface area contributed by atoms with E-state index >= 15 is 0 Å². The zero-order valence-corrected chi connectivity index (χ0v) is 14.5. The lowest BCUT2D eigenvalue weighted by molar-refractivity contribution is -0.142. The molecular formula is C18H24N2O5. The molecule has 0 aromatic heterocycles. The fraction of sp³-hybridized carbons (Fsp3) is 0.389. The number of rotatable bonds is 10. The molecular weight excluding hydrogens is 324 g/mol. The van der Waals surface area contributed by atoms with Gasteiger partial charge in [0.05, 0.1) is 6.54 Å². The maximum atomic E-state index is 12.0. The summed E-state index contributed by atoms with van der Waals surface area (Å²) in [4.78, 5) is 35.0. The maximum Gasteiger partial charge on any atom is 0.326 e. The van der Waals surface area contributed by atoms with Gasteiger partial charge in [-0.1, -0.05) is 26.5 Å². The SMILES string of the molecule is C=CCOc1ccc(C(=O)NCC(=O)N[C@@H](CC(C)C)C(=O)O)cc1. The molecule has 0 saturated heterocycles. The number of aliphatic carboxylic acids is 1. The summed E-state index contributed by atoms with van der Waals surface area (Å²) in [6.45, 7) is 7.35. The van der Waals surface area contributed by atoms with Gasteiger partial charge in [-0.05, 0) is 36.6 Å². The summed E-state index contributed by atoms with van der Waals surface area (Å²) in [6, 6.07) is 5.46. The highest BCUT2D eigenvalue weighted by molar-refractivity contribution is 5.96. The minimum atomic E-state index is -1.09. The first-order chi connectivity index (χ1) is 11.8. The summed E-state index contributed by atoms with van der Waals surface area (Å²) in [6.07, 6.45) is 1.93. The van der Waals surface area contributed by atoms with Crippen molar-refractivity contribution < 1.29 is 24.2 Å². The van der Waals surface area contributed by atoms with E-state index in [1.54, 1.807) is 30.3 Å². The van der Waals surface area contributed by atoms with Crippen molar-refractivity contribution >= 4 is 17.8 Å². The van der Waals surface area contributed by atoms with Crippen LogP contribution in [0.2, 0.25) is 0 Å². The van der Waals surface area contributed by atoms with E-state index in [-0.39, 0.29) is 12.5 Å². The average Bonchev–Trinajstić information content (AvgIpc) is 2.57. The summed E-state index contributed by atoms with van der Waals surface area (Å²) in [5.41, 5.74) is 0.371. The van der Waals surface area contributed by atoms with Crippen LogP contribution in [0.15, 0.2) is 36.9 Å². The predicted octanol–water partition coefficient (Wildman–Crippen LogP) is 1.60. The van der Waals surface area contributed by atoms with Gasteiger partial charge < -0.3 is 20.5 Å². The lowest BCUT2D eigenvalue weighted by Gasteiger charge is -2.16. The number of hydrogen-bond donors (Lipinski definition) is 3. The van der Waals surface area contributed by atoms with Gasteiger partial charge in [0.2, 0.25) is 5.91 Å². The molecule has 1 atom stereocenters. The molecule has 0 unspecified atom stereocenters. The molecule has 1 aromatic rings. The number of carbonyl (C=O) groups is 3. The topological polar surface area (TPSA) is 105 Å². The fourth-order valence-electron chi connectivity index (χ4n) is 2.06. The molecule has 0 heterocycles. The van der Waals surface area contributed by atoms with E-state index in [1.165, 1.54) is 0 Å². The minimum absolute atomic E-state index is 0.123. The van der Waals surface area contributed by atoms with Crippen LogP contribution in [0.1, 0.15) is 30.6 Å². The van der Waals surface area contributed by atoms with E-state index in [0.717, 1.165) is 0 Å². The number of nitrogens with one attached hydrogen (secondary N) is 2. The van der Waals surface area contributed by atoms with Crippen LogP contribution in [-0.2, 0) is 9.59 Å². The molecule has 0 bridgehead atoms. The number of carboxylic acid groups (broad SMARTS) is 1. The van der Waals surface area contributed by atoms with E-state index in [9.17, 15) is 14.4 Å². The van der Waals surface area contributed by atoms with E-state index in [1.807, 2.05) is 13.8 Å². The third-order valence-corrected chi connectivity index (χ3v) is 3.23. The quantitative estimate of drug-likeness (QED) is 0.557. The molecule has 0 saturated carbocycles. The summed E-state index contributed by atoms with van der Waals surface area (Å²) in [5, 5.41) is 14.0. The van der Waals surface area contributed by atoms with Crippen LogP contribution in [0.25, 0.3) is 0 Å². The van der Waals surface area contributed by atoms with Gasteiger partial charge in [0.1, 0.15) is 18.4 Å². The first-order valence-electron chi connectivity index (χ1n) is 7.97. The van der Waals surface area contributed by atoms with Crippen LogP contribution < -0.4 is 15.4 Å². The van der Waals surface area contributed by atoms with Crippen LogP contribution in [-0.4, -0.2) is 42.1 Å². The number of ether oxygens (including phenoxy) is 1. The second kappa shape index (κ2) is 10.1. The number of hydrogen-bond acceptors (Lipinski definition) is 4. The summed E-state index contributed by atoms with van der Waals surface area (Å²) in [5.74, 6) is -1.35. The van der Waals surface area contributed by atoms with Crippen molar-refractivity contribution in [1.29, 1.82) is 0 Å². The van der Waals surface area contributed by atoms with Crippen molar-refractivity contribution in [2.24, 2.45) is 5.92 Å². The van der Waals surface area contributed by atoms with Gasteiger partial charge >= 0.3 is 5.97 Å². The average molecular weight is 348 g/mol. The van der Waals surface area contributed by atoms with Gasteiger partial charge in [0.25, 0.3) is 5.91 Å². The van der Waals surface area contributed by atoms with Gasteiger partial charge in [0, 0.05) is 5.56 Å². The molecule has 7 heteroatoms. The Morgan fingerprint density at radius 1 is 1.24 bits per heavy atom. The monoisotopic (exact) mass is 348 g/mol. The van der Waals surface area contributed by atoms with Gasteiger partial charge in [-0.3, -0.25) is 9.59 Å². The molecule has 1 aromatic carbocycles. The third-order valence-electron chi connectivity index (χ3n) is 3.23. The number of carbonyl (C=O) groups excluding carboxylic acids is 2. The summed E-state index contributed by atoms with van der Waals surface area (Å²) in [7, 11) is 0. The fourth-order valence-corrected chi connectivity index (χ4v) is 2.06. The summed E-state index contributed by atoms with van der Waals surface area (Å²) < 4.78 is 5.32. The molecule has 2 amide bonds. The van der Waals surface area contributed by atoms with Crippen LogP contribution in [0.3, 0.4) is 0 Å². The third kappa shape index (κ3) is 7.52. The summed E-state index contributed by atoms with van der Waals surface area (Å²) >= 11 is 0. The molecule has 1 rings (SSSR count). The molecule has 0 spiro atoms. The number of amides is 2. The van der Waals surface area contributed by atoms with E-state index in [4.69, 9.17) is 9.84 Å². The van der Waals surface area contributed by atoms with Gasteiger partial charge in [-0.15, -0.1) is 0 Å². The zero-order valence-electron chi connectivity index (χ0n) is 14.5. The highest BCUT2D eigenvalue weighted by Gasteiger charge is 2.21. The van der Waals surface area contributed by atoms with Crippen molar-refractivity contribution in [3.63, 3.8) is 0 Å². The van der Waals surface area contributed by atoms with Crippen LogP contribution >= 0.6 is 0 Å². The molecule has 7 nitrogen and oxygen atoms in total. The standard InChI is InChI=1S/C18H24N2O5/c1-4-9-25-14-7-5-13(6-8-14)17(22)19-11-16(21)20-15(18(23)24)10-12(2)3/h4-8,12,15H,1,9-11H2,2-3H3,(H,19,22)(H,20,21)(H,23,24)/t15-/m0/s1. The Labute approximate surface area is 147 Å². The lowest BCUT2D eigenvalue weighted by atomic mass is 10.0. The van der Waals surface area contributed by atoms with E-state index in [0.29, 0.717) is 24.3 Å². The Hall–Kier alpha value is -2.83. The molecule has 136 valence electrons. The Bertz CT molecular complexity index is 610. The highest BCUT2D eigenvalue weighted by Crippen LogP contribution is 2.12. The van der Waals surface area contributed by atoms with Gasteiger partial charge in [0.15, 0.2) is 0 Å².